The summed E-state index contributed by atoms with van der Waals surface area (Å²) in [6, 6.07) is 11.1. The molecule has 1 aliphatic heterocycles. The first-order chi connectivity index (χ1) is 15.1. The Morgan fingerprint density at radius 2 is 1.78 bits per heavy atom. The molecular formula is C26H28ClNO4. The minimum atomic E-state index is -0.362. The van der Waals surface area contributed by atoms with E-state index in [-0.39, 0.29) is 29.4 Å². The zero-order chi connectivity index (χ0) is 23.2. The van der Waals surface area contributed by atoms with E-state index in [4.69, 9.17) is 21.1 Å². The molecule has 0 N–H and O–H groups in total. The number of methoxy groups -OCH3 is 2. The lowest BCUT2D eigenvalue weighted by molar-refractivity contribution is -0.121. The fourth-order valence-electron chi connectivity index (χ4n) is 4.81. The Morgan fingerprint density at radius 1 is 1.03 bits per heavy atom. The molecule has 0 aromatic heterocycles. The molecule has 0 radical (unpaired) electrons. The summed E-state index contributed by atoms with van der Waals surface area (Å²) in [4.78, 5) is 28.7. The molecule has 4 rings (SSSR count). The van der Waals surface area contributed by atoms with E-state index in [2.05, 4.69) is 13.8 Å². The predicted molar refractivity (Wildman–Crippen MR) is 126 cm³/mol. The number of anilines is 1. The van der Waals surface area contributed by atoms with Gasteiger partial charge in [-0.15, -0.1) is 0 Å². The summed E-state index contributed by atoms with van der Waals surface area (Å²) in [5, 5.41) is 0.595. The number of nitrogens with zero attached hydrogens (tertiary/aromatic N) is 1. The minimum Gasteiger partial charge on any atom is -0.497 e. The predicted octanol–water partition coefficient (Wildman–Crippen LogP) is 5.83. The highest BCUT2D eigenvalue weighted by Gasteiger charge is 2.45. The SMILES string of the molecule is COc1ccc(C2CC(=O)N(c3ccc(C)c(Cl)c3)C3=C2C(=O)CC(C)(C)C3)c(OC)c1. The Labute approximate surface area is 194 Å². The highest BCUT2D eigenvalue weighted by atomic mass is 35.5. The van der Waals surface area contributed by atoms with Crippen LogP contribution < -0.4 is 14.4 Å². The number of amides is 1. The number of ketones is 1. The number of rotatable bonds is 4. The van der Waals surface area contributed by atoms with E-state index in [0.717, 1.165) is 16.8 Å². The monoisotopic (exact) mass is 453 g/mol. The average Bonchev–Trinajstić information content (AvgIpc) is 2.73. The fraction of sp³-hybridized carbons (Fsp3) is 0.385. The van der Waals surface area contributed by atoms with E-state index >= 15 is 0 Å². The van der Waals surface area contributed by atoms with Crippen molar-refractivity contribution in [3.8, 4) is 11.5 Å². The lowest BCUT2D eigenvalue weighted by atomic mass is 9.69. The lowest BCUT2D eigenvalue weighted by Crippen LogP contribution is -2.43. The van der Waals surface area contributed by atoms with Crippen molar-refractivity contribution >= 4 is 29.0 Å². The standard InChI is InChI=1S/C26H28ClNO4/c1-15-6-7-16(10-20(15)27)28-21-13-26(2,3)14-22(29)25(21)19(12-24(28)30)18-9-8-17(31-4)11-23(18)32-5/h6-11,19H,12-14H2,1-5H3. The van der Waals surface area contributed by atoms with Crippen molar-refractivity contribution < 1.29 is 19.1 Å². The largest absolute Gasteiger partial charge is 0.497 e. The smallest absolute Gasteiger partial charge is 0.232 e. The summed E-state index contributed by atoms with van der Waals surface area (Å²) >= 11 is 6.38. The van der Waals surface area contributed by atoms with Crippen LogP contribution in [0.3, 0.4) is 0 Å². The van der Waals surface area contributed by atoms with E-state index in [9.17, 15) is 9.59 Å². The van der Waals surface area contributed by atoms with E-state index in [1.165, 1.54) is 0 Å². The van der Waals surface area contributed by atoms with Gasteiger partial charge in [0.25, 0.3) is 0 Å². The maximum Gasteiger partial charge on any atom is 0.232 e. The van der Waals surface area contributed by atoms with Gasteiger partial charge in [0.1, 0.15) is 11.5 Å². The van der Waals surface area contributed by atoms with Crippen molar-refractivity contribution in [2.24, 2.45) is 5.41 Å². The third-order valence-corrected chi connectivity index (χ3v) is 6.78. The number of hydrogen-bond donors (Lipinski definition) is 0. The number of aryl methyl sites for hydroxylation is 1. The highest BCUT2D eigenvalue weighted by molar-refractivity contribution is 6.31. The normalized spacial score (nSPS) is 20.3. The Hall–Kier alpha value is -2.79. The summed E-state index contributed by atoms with van der Waals surface area (Å²) in [7, 11) is 3.18. The first kappa shape index (κ1) is 22.4. The van der Waals surface area contributed by atoms with Crippen molar-refractivity contribution in [3.05, 3.63) is 63.8 Å². The van der Waals surface area contributed by atoms with Crippen LogP contribution >= 0.6 is 11.6 Å². The van der Waals surface area contributed by atoms with Gasteiger partial charge in [0.15, 0.2) is 5.78 Å². The number of allylic oxidation sites excluding steroid dienone is 2. The molecule has 1 heterocycles. The second kappa shape index (κ2) is 8.28. The first-order valence-electron chi connectivity index (χ1n) is 10.7. The quantitative estimate of drug-likeness (QED) is 0.584. The first-order valence-corrected chi connectivity index (χ1v) is 11.1. The summed E-state index contributed by atoms with van der Waals surface area (Å²) in [6.07, 6.45) is 1.25. The number of ether oxygens (including phenoxy) is 2. The van der Waals surface area contributed by atoms with Crippen LogP contribution in [0.4, 0.5) is 5.69 Å². The van der Waals surface area contributed by atoms with Crippen LogP contribution in [0.1, 0.15) is 50.2 Å². The molecule has 2 aromatic rings. The molecule has 1 amide bonds. The third-order valence-electron chi connectivity index (χ3n) is 6.37. The Morgan fingerprint density at radius 3 is 2.44 bits per heavy atom. The van der Waals surface area contributed by atoms with Gasteiger partial charge in [0.2, 0.25) is 5.91 Å². The van der Waals surface area contributed by atoms with Crippen molar-refractivity contribution in [1.82, 2.24) is 0 Å². The molecule has 2 aliphatic rings. The third kappa shape index (κ3) is 3.90. The second-order valence-corrected chi connectivity index (χ2v) is 9.74. The van der Waals surface area contributed by atoms with E-state index in [0.29, 0.717) is 40.6 Å². The zero-order valence-corrected chi connectivity index (χ0v) is 19.9. The molecule has 1 unspecified atom stereocenters. The van der Waals surface area contributed by atoms with Gasteiger partial charge >= 0.3 is 0 Å². The number of benzene rings is 2. The maximum absolute atomic E-state index is 13.5. The number of halogens is 1. The van der Waals surface area contributed by atoms with Gasteiger partial charge in [-0.1, -0.05) is 37.6 Å². The van der Waals surface area contributed by atoms with Gasteiger partial charge in [0, 0.05) is 46.7 Å². The minimum absolute atomic E-state index is 0.0583. The fourth-order valence-corrected chi connectivity index (χ4v) is 4.98. The highest BCUT2D eigenvalue weighted by Crippen LogP contribution is 2.50. The molecule has 32 heavy (non-hydrogen) atoms. The number of Topliss-reactive ketones (excluding diaryl/α,β-unsaturated/α-hetero) is 1. The van der Waals surface area contributed by atoms with Crippen LogP contribution in [0.5, 0.6) is 11.5 Å². The summed E-state index contributed by atoms with van der Waals surface area (Å²) in [5.74, 6) is 0.929. The molecule has 0 bridgehead atoms. The molecule has 5 nitrogen and oxygen atoms in total. The van der Waals surface area contributed by atoms with Crippen LogP contribution in [0.15, 0.2) is 47.7 Å². The van der Waals surface area contributed by atoms with Crippen molar-refractivity contribution in [3.63, 3.8) is 0 Å². The van der Waals surface area contributed by atoms with Crippen molar-refractivity contribution in [2.45, 2.75) is 46.0 Å². The molecule has 0 fully saturated rings. The van der Waals surface area contributed by atoms with Gasteiger partial charge in [0.05, 0.1) is 19.9 Å². The summed E-state index contributed by atoms with van der Waals surface area (Å²) < 4.78 is 10.9. The van der Waals surface area contributed by atoms with Crippen LogP contribution in [0.25, 0.3) is 0 Å². The summed E-state index contributed by atoms with van der Waals surface area (Å²) in [5.41, 5.74) is 3.69. The number of carbonyl (C=O) groups excluding carboxylic acids is 2. The topological polar surface area (TPSA) is 55.8 Å². The number of hydrogen-bond acceptors (Lipinski definition) is 4. The molecule has 2 aromatic carbocycles. The average molecular weight is 454 g/mol. The van der Waals surface area contributed by atoms with Crippen molar-refractivity contribution in [1.29, 1.82) is 0 Å². The molecular weight excluding hydrogens is 426 g/mol. The Kier molecular flexibility index (Phi) is 5.80. The Balaban J connectivity index is 1.91. The van der Waals surface area contributed by atoms with Crippen LogP contribution in [-0.4, -0.2) is 25.9 Å². The molecule has 6 heteroatoms. The van der Waals surface area contributed by atoms with Crippen molar-refractivity contribution in [2.75, 3.05) is 19.1 Å². The molecule has 0 spiro atoms. The molecule has 168 valence electrons. The van der Waals surface area contributed by atoms with Gasteiger partial charge in [-0.2, -0.15) is 0 Å². The van der Waals surface area contributed by atoms with Gasteiger partial charge in [-0.3, -0.25) is 14.5 Å². The summed E-state index contributed by atoms with van der Waals surface area (Å²) in [6.45, 7) is 6.06. The van der Waals surface area contributed by atoms with E-state index in [1.807, 2.05) is 31.2 Å². The number of carbonyl (C=O) groups is 2. The van der Waals surface area contributed by atoms with Gasteiger partial charge in [-0.05, 0) is 42.5 Å². The van der Waals surface area contributed by atoms with Gasteiger partial charge in [-0.25, -0.2) is 0 Å². The molecule has 0 saturated heterocycles. The van der Waals surface area contributed by atoms with Crippen LogP contribution in [0, 0.1) is 12.3 Å². The van der Waals surface area contributed by atoms with E-state index in [1.54, 1.807) is 31.3 Å². The second-order valence-electron chi connectivity index (χ2n) is 9.33. The molecule has 1 atom stereocenters. The van der Waals surface area contributed by atoms with E-state index < -0.39 is 0 Å². The molecule has 0 saturated carbocycles. The maximum atomic E-state index is 13.5. The van der Waals surface area contributed by atoms with Crippen LogP contribution in [0.2, 0.25) is 5.02 Å². The van der Waals surface area contributed by atoms with Crippen LogP contribution in [-0.2, 0) is 9.59 Å². The lowest BCUT2D eigenvalue weighted by Gasteiger charge is -2.43. The van der Waals surface area contributed by atoms with Gasteiger partial charge < -0.3 is 9.47 Å². The molecule has 1 aliphatic carbocycles. The Bertz CT molecular complexity index is 1130. The zero-order valence-electron chi connectivity index (χ0n) is 19.1.